The zero-order valence-electron chi connectivity index (χ0n) is 15.5. The van der Waals surface area contributed by atoms with Gasteiger partial charge < -0.3 is 4.52 Å². The Labute approximate surface area is 158 Å². The van der Waals surface area contributed by atoms with Gasteiger partial charge >= 0.3 is 0 Å². The third-order valence-electron chi connectivity index (χ3n) is 4.50. The first-order valence-electron chi connectivity index (χ1n) is 8.40. The molecule has 5 nitrogen and oxygen atoms in total. The van der Waals surface area contributed by atoms with Crippen molar-refractivity contribution in [1.82, 2.24) is 5.16 Å². The third kappa shape index (κ3) is 3.17. The van der Waals surface area contributed by atoms with Crippen LogP contribution < -0.4 is 4.72 Å². The molecule has 138 valence electrons. The molecular formula is C19H22N2O3S2. The summed E-state index contributed by atoms with van der Waals surface area (Å²) in [5.74, 6) is 0.522. The lowest BCUT2D eigenvalue weighted by Crippen LogP contribution is -2.15. The molecule has 0 amide bonds. The highest BCUT2D eigenvalue weighted by Gasteiger charge is 2.30. The minimum absolute atomic E-state index is 0.269. The van der Waals surface area contributed by atoms with Crippen LogP contribution in [0, 0.1) is 27.7 Å². The summed E-state index contributed by atoms with van der Waals surface area (Å²) >= 11 is 1.45. The van der Waals surface area contributed by atoms with Crippen LogP contribution in [0.3, 0.4) is 0 Å². The largest absolute Gasteiger partial charge is 0.356 e. The Morgan fingerprint density at radius 3 is 2.42 bits per heavy atom. The van der Waals surface area contributed by atoms with Gasteiger partial charge in [-0.05, 0) is 45.7 Å². The predicted molar refractivity (Wildman–Crippen MR) is 105 cm³/mol. The van der Waals surface area contributed by atoms with E-state index in [1.165, 1.54) is 11.3 Å². The predicted octanol–water partition coefficient (Wildman–Crippen LogP) is 5.00. The molecule has 26 heavy (non-hydrogen) atoms. The van der Waals surface area contributed by atoms with E-state index in [4.69, 9.17) is 4.52 Å². The lowest BCUT2D eigenvalue weighted by molar-refractivity contribution is 0.426. The Kier molecular flexibility index (Phi) is 4.94. The molecule has 1 N–H and O–H groups in total. The fraction of sp³-hybridized carbons (Fsp3) is 0.316. The molecule has 0 saturated heterocycles. The number of anilines is 1. The normalized spacial score (nSPS) is 11.7. The lowest BCUT2D eigenvalue weighted by Gasteiger charge is -2.13. The van der Waals surface area contributed by atoms with E-state index in [9.17, 15) is 8.42 Å². The topological polar surface area (TPSA) is 72.2 Å². The molecule has 0 fully saturated rings. The third-order valence-corrected chi connectivity index (χ3v) is 7.19. The molecule has 0 bridgehead atoms. The number of hydrogen-bond acceptors (Lipinski definition) is 5. The first-order valence-corrected chi connectivity index (χ1v) is 10.7. The number of rotatable bonds is 5. The van der Waals surface area contributed by atoms with Crippen LogP contribution in [-0.2, 0) is 16.4 Å². The van der Waals surface area contributed by atoms with Gasteiger partial charge in [-0.15, -0.1) is 11.3 Å². The van der Waals surface area contributed by atoms with Crippen molar-refractivity contribution in [3.8, 4) is 11.3 Å². The van der Waals surface area contributed by atoms with Gasteiger partial charge in [0, 0.05) is 15.3 Å². The smallest absolute Gasteiger partial charge is 0.263 e. The molecule has 1 aromatic carbocycles. The number of sulfonamides is 1. The highest BCUT2D eigenvalue weighted by molar-refractivity contribution is 7.93. The van der Waals surface area contributed by atoms with Crippen LogP contribution in [0.25, 0.3) is 11.3 Å². The quantitative estimate of drug-likeness (QED) is 0.665. The Morgan fingerprint density at radius 1 is 1.12 bits per heavy atom. The Hall–Kier alpha value is -2.12. The molecule has 0 saturated carbocycles. The second-order valence-electron chi connectivity index (χ2n) is 6.26. The van der Waals surface area contributed by atoms with Crippen LogP contribution in [0.4, 0.5) is 5.69 Å². The number of nitrogens with zero attached hydrogens (tertiary/aromatic N) is 1. The van der Waals surface area contributed by atoms with Crippen LogP contribution >= 0.6 is 11.3 Å². The number of benzene rings is 1. The summed E-state index contributed by atoms with van der Waals surface area (Å²) in [5, 5.41) is 3.99. The average molecular weight is 391 g/mol. The zero-order valence-corrected chi connectivity index (χ0v) is 17.1. The maximum atomic E-state index is 13.2. The number of hydrogen-bond donors (Lipinski definition) is 1. The van der Waals surface area contributed by atoms with E-state index in [2.05, 4.69) is 9.88 Å². The van der Waals surface area contributed by atoms with Gasteiger partial charge in [-0.2, -0.15) is 0 Å². The molecule has 0 aliphatic rings. The summed E-state index contributed by atoms with van der Waals surface area (Å²) in [4.78, 5) is 1.89. The highest BCUT2D eigenvalue weighted by Crippen LogP contribution is 2.41. The zero-order chi connectivity index (χ0) is 19.1. The first kappa shape index (κ1) is 18.7. The van der Waals surface area contributed by atoms with Gasteiger partial charge in [0.2, 0.25) is 0 Å². The summed E-state index contributed by atoms with van der Waals surface area (Å²) < 4.78 is 34.7. The molecular weight excluding hydrogens is 368 g/mol. The van der Waals surface area contributed by atoms with Crippen molar-refractivity contribution in [3.63, 3.8) is 0 Å². The van der Waals surface area contributed by atoms with Gasteiger partial charge in [-0.3, -0.25) is 4.72 Å². The number of aryl methyl sites for hydroxylation is 4. The minimum atomic E-state index is -3.77. The number of para-hydroxylation sites is 1. The molecule has 2 aromatic heterocycles. The molecule has 2 heterocycles. The summed E-state index contributed by atoms with van der Waals surface area (Å²) in [7, 11) is -3.77. The van der Waals surface area contributed by atoms with Crippen LogP contribution in [-0.4, -0.2) is 13.6 Å². The number of aromatic nitrogens is 1. The monoisotopic (exact) mass is 390 g/mol. The van der Waals surface area contributed by atoms with Crippen molar-refractivity contribution in [2.24, 2.45) is 0 Å². The Bertz CT molecular complexity index is 1060. The van der Waals surface area contributed by atoms with E-state index in [1.807, 2.05) is 52.8 Å². The summed E-state index contributed by atoms with van der Waals surface area (Å²) in [6.07, 6.45) is 0.744. The van der Waals surface area contributed by atoms with E-state index in [-0.39, 0.29) is 4.90 Å². The van der Waals surface area contributed by atoms with Gasteiger partial charge in [0.25, 0.3) is 10.0 Å². The van der Waals surface area contributed by atoms with Gasteiger partial charge in [0.1, 0.15) is 4.90 Å². The summed E-state index contributed by atoms with van der Waals surface area (Å²) in [5.41, 5.74) is 3.78. The van der Waals surface area contributed by atoms with Crippen LogP contribution in [0.5, 0.6) is 0 Å². The van der Waals surface area contributed by atoms with Crippen molar-refractivity contribution in [2.75, 3.05) is 4.72 Å². The fourth-order valence-electron chi connectivity index (χ4n) is 3.02. The van der Waals surface area contributed by atoms with E-state index in [0.717, 1.165) is 33.0 Å². The van der Waals surface area contributed by atoms with Gasteiger partial charge in [-0.25, -0.2) is 8.42 Å². The van der Waals surface area contributed by atoms with E-state index >= 15 is 0 Å². The summed E-state index contributed by atoms with van der Waals surface area (Å²) in [6, 6.07) is 7.44. The molecule has 3 aromatic rings. The van der Waals surface area contributed by atoms with Crippen molar-refractivity contribution in [2.45, 2.75) is 45.9 Å². The minimum Gasteiger partial charge on any atom is -0.356 e. The maximum Gasteiger partial charge on any atom is 0.263 e. The molecule has 0 aliphatic heterocycles. The van der Waals surface area contributed by atoms with Crippen LogP contribution in [0.2, 0.25) is 0 Å². The van der Waals surface area contributed by atoms with E-state index in [0.29, 0.717) is 17.0 Å². The molecule has 7 heteroatoms. The number of thiophene rings is 1. The second-order valence-corrected chi connectivity index (χ2v) is 9.30. The van der Waals surface area contributed by atoms with Crippen LogP contribution in [0.1, 0.15) is 33.5 Å². The average Bonchev–Trinajstić information content (AvgIpc) is 3.07. The van der Waals surface area contributed by atoms with Gasteiger partial charge in [-0.1, -0.05) is 30.3 Å². The second kappa shape index (κ2) is 6.89. The molecule has 0 unspecified atom stereocenters. The van der Waals surface area contributed by atoms with Crippen molar-refractivity contribution in [1.29, 1.82) is 0 Å². The standard InChI is InChI=1S/C19H22N2O3S2/c1-6-15-9-7-8-10-16(15)21-26(22,23)19-14(5)25-13(4)17(19)18-11(2)12(3)20-24-18/h7-10,21H,6H2,1-5H3. The fourth-order valence-corrected chi connectivity index (χ4v) is 5.98. The van der Waals surface area contributed by atoms with Crippen molar-refractivity contribution >= 4 is 27.0 Å². The summed E-state index contributed by atoms with van der Waals surface area (Å²) in [6.45, 7) is 9.47. The van der Waals surface area contributed by atoms with Crippen molar-refractivity contribution < 1.29 is 12.9 Å². The Balaban J connectivity index is 2.16. The highest BCUT2D eigenvalue weighted by atomic mass is 32.2. The molecule has 0 aliphatic carbocycles. The molecule has 0 atom stereocenters. The SMILES string of the molecule is CCc1ccccc1NS(=O)(=O)c1c(C)sc(C)c1-c1onc(C)c1C. The van der Waals surface area contributed by atoms with Crippen LogP contribution in [0.15, 0.2) is 33.7 Å². The van der Waals surface area contributed by atoms with Gasteiger partial charge in [0.15, 0.2) is 5.76 Å². The molecule has 3 rings (SSSR count). The van der Waals surface area contributed by atoms with Crippen molar-refractivity contribution in [3.05, 3.63) is 50.8 Å². The maximum absolute atomic E-state index is 13.2. The first-order chi connectivity index (χ1) is 12.3. The molecule has 0 spiro atoms. The lowest BCUT2D eigenvalue weighted by atomic mass is 10.1. The molecule has 0 radical (unpaired) electrons. The van der Waals surface area contributed by atoms with Gasteiger partial charge in [0.05, 0.1) is 16.9 Å². The number of nitrogens with one attached hydrogen (secondary N) is 1. The van der Waals surface area contributed by atoms with E-state index < -0.39 is 10.0 Å². The van der Waals surface area contributed by atoms with E-state index in [1.54, 1.807) is 6.07 Å². The Morgan fingerprint density at radius 2 is 1.81 bits per heavy atom.